The van der Waals surface area contributed by atoms with Gasteiger partial charge in [0.2, 0.25) is 0 Å². The minimum atomic E-state index is -0.192. The zero-order valence-electron chi connectivity index (χ0n) is 14.4. The third kappa shape index (κ3) is 3.88. The molecule has 1 aromatic heterocycles. The number of aromatic amines is 1. The summed E-state index contributed by atoms with van der Waals surface area (Å²) < 4.78 is 5.17. The maximum atomic E-state index is 12.6. The Morgan fingerprint density at radius 1 is 1.12 bits per heavy atom. The predicted octanol–water partition coefficient (Wildman–Crippen LogP) is 4.29. The Morgan fingerprint density at radius 3 is 2.48 bits per heavy atom. The molecule has 0 bridgehead atoms. The van der Waals surface area contributed by atoms with Gasteiger partial charge in [0.15, 0.2) is 0 Å². The number of ether oxygens (including phenoxy) is 1. The van der Waals surface area contributed by atoms with Crippen LogP contribution in [0.5, 0.6) is 5.75 Å². The molecule has 3 rings (SSSR count). The summed E-state index contributed by atoms with van der Waals surface area (Å²) >= 11 is 0. The molecule has 0 atom stereocenters. The summed E-state index contributed by atoms with van der Waals surface area (Å²) in [5, 5.41) is 9.85. The number of anilines is 1. The lowest BCUT2D eigenvalue weighted by Crippen LogP contribution is -2.12. The third-order valence-corrected chi connectivity index (χ3v) is 4.01. The molecule has 2 N–H and O–H groups in total. The molecule has 5 nitrogen and oxygen atoms in total. The van der Waals surface area contributed by atoms with Crippen molar-refractivity contribution in [3.05, 3.63) is 65.9 Å². The van der Waals surface area contributed by atoms with E-state index < -0.39 is 0 Å². The normalized spacial score (nSPS) is 10.5. The van der Waals surface area contributed by atoms with Crippen LogP contribution < -0.4 is 10.1 Å². The van der Waals surface area contributed by atoms with Gasteiger partial charge in [0, 0.05) is 11.3 Å². The van der Waals surface area contributed by atoms with Gasteiger partial charge in [0.05, 0.1) is 24.6 Å². The lowest BCUT2D eigenvalue weighted by Gasteiger charge is -2.07. The zero-order valence-corrected chi connectivity index (χ0v) is 14.4. The fourth-order valence-corrected chi connectivity index (χ4v) is 2.68. The highest BCUT2D eigenvalue weighted by Gasteiger charge is 2.15. The summed E-state index contributed by atoms with van der Waals surface area (Å²) in [6.45, 7) is 2.15. The summed E-state index contributed by atoms with van der Waals surface area (Å²) in [7, 11) is 1.62. The lowest BCUT2D eigenvalue weighted by atomic mass is 10.1. The molecule has 0 fully saturated rings. The summed E-state index contributed by atoms with van der Waals surface area (Å²) in [5.41, 5.74) is 4.10. The molecule has 0 radical (unpaired) electrons. The highest BCUT2D eigenvalue weighted by molar-refractivity contribution is 6.08. The predicted molar refractivity (Wildman–Crippen MR) is 99.0 cm³/mol. The van der Waals surface area contributed by atoms with E-state index in [1.165, 1.54) is 5.56 Å². The van der Waals surface area contributed by atoms with Crippen LogP contribution in [0.3, 0.4) is 0 Å². The number of carbonyl (C=O) groups is 1. The van der Waals surface area contributed by atoms with Crippen molar-refractivity contribution in [1.29, 1.82) is 0 Å². The first kappa shape index (κ1) is 16.8. The standard InChI is InChI=1S/C20H21N3O2/c1-3-4-14-5-9-16(10-6-14)22-20(24)18-13-21-23-19(18)15-7-11-17(25-2)12-8-15/h5-13H,3-4H2,1-2H3,(H,21,23)(H,22,24). The largest absolute Gasteiger partial charge is 0.497 e. The van der Waals surface area contributed by atoms with Gasteiger partial charge >= 0.3 is 0 Å². The molecule has 0 unspecified atom stereocenters. The minimum Gasteiger partial charge on any atom is -0.497 e. The number of aryl methyl sites for hydroxylation is 1. The second-order valence-corrected chi connectivity index (χ2v) is 5.79. The van der Waals surface area contributed by atoms with Crippen molar-refractivity contribution in [3.63, 3.8) is 0 Å². The highest BCUT2D eigenvalue weighted by atomic mass is 16.5. The molecule has 1 heterocycles. The van der Waals surface area contributed by atoms with Crippen molar-refractivity contribution in [1.82, 2.24) is 10.2 Å². The summed E-state index contributed by atoms with van der Waals surface area (Å²) in [5.74, 6) is 0.573. The average molecular weight is 335 g/mol. The molecule has 128 valence electrons. The highest BCUT2D eigenvalue weighted by Crippen LogP contribution is 2.24. The van der Waals surface area contributed by atoms with Crippen LogP contribution in [0.2, 0.25) is 0 Å². The van der Waals surface area contributed by atoms with Gasteiger partial charge in [-0.05, 0) is 48.4 Å². The topological polar surface area (TPSA) is 67.0 Å². The number of benzene rings is 2. The fraction of sp³-hybridized carbons (Fsp3) is 0.200. The number of carbonyl (C=O) groups excluding carboxylic acids is 1. The monoisotopic (exact) mass is 335 g/mol. The molecule has 0 saturated carbocycles. The first-order valence-electron chi connectivity index (χ1n) is 8.29. The number of amides is 1. The first-order valence-corrected chi connectivity index (χ1v) is 8.29. The number of aromatic nitrogens is 2. The Labute approximate surface area is 147 Å². The van der Waals surface area contributed by atoms with Gasteiger partial charge in [0.1, 0.15) is 5.75 Å². The Bertz CT molecular complexity index is 836. The smallest absolute Gasteiger partial charge is 0.259 e. The van der Waals surface area contributed by atoms with Gasteiger partial charge in [0.25, 0.3) is 5.91 Å². The number of rotatable bonds is 6. The second kappa shape index (κ2) is 7.66. The molecule has 0 aliphatic rings. The van der Waals surface area contributed by atoms with E-state index in [1.807, 2.05) is 48.5 Å². The van der Waals surface area contributed by atoms with E-state index in [0.717, 1.165) is 29.8 Å². The van der Waals surface area contributed by atoms with Crippen LogP contribution in [0.25, 0.3) is 11.3 Å². The van der Waals surface area contributed by atoms with E-state index in [4.69, 9.17) is 4.74 Å². The Morgan fingerprint density at radius 2 is 1.84 bits per heavy atom. The molecular weight excluding hydrogens is 314 g/mol. The molecule has 2 aromatic carbocycles. The Balaban J connectivity index is 1.77. The van der Waals surface area contributed by atoms with Crippen molar-refractivity contribution in [2.24, 2.45) is 0 Å². The van der Waals surface area contributed by atoms with Gasteiger partial charge in [-0.2, -0.15) is 5.10 Å². The number of H-pyrrole nitrogens is 1. The van der Waals surface area contributed by atoms with E-state index in [0.29, 0.717) is 11.3 Å². The molecular formula is C20H21N3O2. The lowest BCUT2D eigenvalue weighted by molar-refractivity contribution is 0.102. The summed E-state index contributed by atoms with van der Waals surface area (Å²) in [6, 6.07) is 15.4. The van der Waals surface area contributed by atoms with Crippen LogP contribution in [0.1, 0.15) is 29.3 Å². The van der Waals surface area contributed by atoms with Gasteiger partial charge in [-0.25, -0.2) is 0 Å². The van der Waals surface area contributed by atoms with Crippen LogP contribution >= 0.6 is 0 Å². The molecule has 25 heavy (non-hydrogen) atoms. The summed E-state index contributed by atoms with van der Waals surface area (Å²) in [6.07, 6.45) is 3.68. The zero-order chi connectivity index (χ0) is 17.6. The van der Waals surface area contributed by atoms with Gasteiger partial charge in [-0.15, -0.1) is 0 Å². The van der Waals surface area contributed by atoms with E-state index in [1.54, 1.807) is 13.3 Å². The van der Waals surface area contributed by atoms with E-state index in [-0.39, 0.29) is 5.91 Å². The van der Waals surface area contributed by atoms with Crippen LogP contribution in [-0.2, 0) is 6.42 Å². The Hall–Kier alpha value is -3.08. The molecule has 0 aliphatic carbocycles. The van der Waals surface area contributed by atoms with Gasteiger partial charge in [-0.1, -0.05) is 25.5 Å². The maximum Gasteiger partial charge on any atom is 0.259 e. The van der Waals surface area contributed by atoms with Crippen LogP contribution in [0.4, 0.5) is 5.69 Å². The van der Waals surface area contributed by atoms with Crippen molar-refractivity contribution in [2.45, 2.75) is 19.8 Å². The van der Waals surface area contributed by atoms with Crippen molar-refractivity contribution >= 4 is 11.6 Å². The third-order valence-electron chi connectivity index (χ3n) is 4.01. The van der Waals surface area contributed by atoms with Gasteiger partial charge in [-0.3, -0.25) is 9.89 Å². The molecule has 0 aliphatic heterocycles. The molecule has 1 amide bonds. The van der Waals surface area contributed by atoms with Crippen molar-refractivity contribution < 1.29 is 9.53 Å². The SMILES string of the molecule is CCCc1ccc(NC(=O)c2cn[nH]c2-c2ccc(OC)cc2)cc1. The molecule has 3 aromatic rings. The number of hydrogen-bond acceptors (Lipinski definition) is 3. The van der Waals surface area contributed by atoms with Gasteiger partial charge < -0.3 is 10.1 Å². The first-order chi connectivity index (χ1) is 12.2. The van der Waals surface area contributed by atoms with E-state index >= 15 is 0 Å². The van der Waals surface area contributed by atoms with Crippen LogP contribution in [-0.4, -0.2) is 23.2 Å². The quantitative estimate of drug-likeness (QED) is 0.706. The minimum absolute atomic E-state index is 0.192. The second-order valence-electron chi connectivity index (χ2n) is 5.79. The van der Waals surface area contributed by atoms with E-state index in [2.05, 4.69) is 22.4 Å². The average Bonchev–Trinajstić information content (AvgIpc) is 3.13. The van der Waals surface area contributed by atoms with E-state index in [9.17, 15) is 4.79 Å². The number of methoxy groups -OCH3 is 1. The maximum absolute atomic E-state index is 12.6. The molecule has 5 heteroatoms. The van der Waals surface area contributed by atoms with Crippen molar-refractivity contribution in [2.75, 3.05) is 12.4 Å². The number of nitrogens with zero attached hydrogens (tertiary/aromatic N) is 1. The number of hydrogen-bond donors (Lipinski definition) is 2. The number of nitrogens with one attached hydrogen (secondary N) is 2. The summed E-state index contributed by atoms with van der Waals surface area (Å²) in [4.78, 5) is 12.6. The fourth-order valence-electron chi connectivity index (χ4n) is 2.68. The van der Waals surface area contributed by atoms with Crippen LogP contribution in [0, 0.1) is 0 Å². The Kier molecular flexibility index (Phi) is 5.14. The molecule has 0 saturated heterocycles. The van der Waals surface area contributed by atoms with Crippen molar-refractivity contribution in [3.8, 4) is 17.0 Å². The molecule has 0 spiro atoms. The van der Waals surface area contributed by atoms with Crippen LogP contribution in [0.15, 0.2) is 54.7 Å².